The maximum atomic E-state index is 12.4. The first-order valence-corrected chi connectivity index (χ1v) is 6.95. The second-order valence-corrected chi connectivity index (χ2v) is 4.73. The highest BCUT2D eigenvalue weighted by Crippen LogP contribution is 2.34. The molecule has 1 fully saturated rings. The van der Waals surface area contributed by atoms with Crippen molar-refractivity contribution in [3.05, 3.63) is 36.6 Å². The Labute approximate surface area is 115 Å². The van der Waals surface area contributed by atoms with Crippen LogP contribution in [0, 0.1) is 11.8 Å². The number of carbonyl (C=O) groups is 2. The second kappa shape index (κ2) is 7.07. The number of nitrogens with zero attached hydrogens (tertiary/aromatic N) is 1. The maximum Gasteiger partial charge on any atom is 0.237 e. The zero-order valence-electron chi connectivity index (χ0n) is 12.1. The minimum atomic E-state index is -0.167. The highest BCUT2D eigenvalue weighted by atomic mass is 16.2. The minimum absolute atomic E-state index is 0.0551. The van der Waals surface area contributed by atoms with Crippen LogP contribution < -0.4 is 0 Å². The van der Waals surface area contributed by atoms with Crippen LogP contribution >= 0.6 is 0 Å². The first kappa shape index (κ1) is 15.4. The molecule has 0 aromatic heterocycles. The fraction of sp³-hybridized carbons (Fsp3) is 0.500. The van der Waals surface area contributed by atoms with Gasteiger partial charge in [0.2, 0.25) is 11.8 Å². The van der Waals surface area contributed by atoms with Gasteiger partial charge in [-0.1, -0.05) is 45.1 Å². The Kier molecular flexibility index (Phi) is 5.74. The number of rotatable bonds is 6. The van der Waals surface area contributed by atoms with Crippen LogP contribution in [0.1, 0.15) is 40.0 Å². The van der Waals surface area contributed by atoms with Gasteiger partial charge in [-0.15, -0.1) is 0 Å². The minimum Gasteiger partial charge on any atom is -0.274 e. The molecule has 1 rings (SSSR count). The maximum absolute atomic E-state index is 12.4. The fourth-order valence-electron chi connectivity index (χ4n) is 2.60. The molecule has 2 amide bonds. The first-order chi connectivity index (χ1) is 9.12. The summed E-state index contributed by atoms with van der Waals surface area (Å²) in [5.41, 5.74) is 0.645. The quantitative estimate of drug-likeness (QED) is 0.542. The van der Waals surface area contributed by atoms with Crippen LogP contribution in [-0.2, 0) is 9.59 Å². The van der Waals surface area contributed by atoms with Gasteiger partial charge in [-0.05, 0) is 25.8 Å². The summed E-state index contributed by atoms with van der Waals surface area (Å²) >= 11 is 0. The molecule has 0 aliphatic carbocycles. The van der Waals surface area contributed by atoms with E-state index in [4.69, 9.17) is 0 Å². The van der Waals surface area contributed by atoms with Crippen molar-refractivity contribution in [1.82, 2.24) is 4.90 Å². The van der Waals surface area contributed by atoms with E-state index >= 15 is 0 Å². The number of hydrogen-bond acceptors (Lipinski definition) is 2. The van der Waals surface area contributed by atoms with Crippen molar-refractivity contribution >= 4 is 11.8 Å². The zero-order valence-corrected chi connectivity index (χ0v) is 12.1. The molecule has 1 aliphatic heterocycles. The molecular weight excluding hydrogens is 238 g/mol. The van der Waals surface area contributed by atoms with Crippen molar-refractivity contribution in [1.29, 1.82) is 0 Å². The number of amides is 2. The molecule has 0 aromatic carbocycles. The van der Waals surface area contributed by atoms with E-state index in [9.17, 15) is 9.59 Å². The van der Waals surface area contributed by atoms with Crippen molar-refractivity contribution in [2.75, 3.05) is 0 Å². The molecule has 104 valence electrons. The van der Waals surface area contributed by atoms with Crippen molar-refractivity contribution in [3.63, 3.8) is 0 Å². The summed E-state index contributed by atoms with van der Waals surface area (Å²) in [6, 6.07) is 0. The molecule has 1 aliphatic rings. The van der Waals surface area contributed by atoms with Crippen molar-refractivity contribution in [2.24, 2.45) is 11.8 Å². The summed E-state index contributed by atoms with van der Waals surface area (Å²) in [5.74, 6) is -0.442. The fourth-order valence-corrected chi connectivity index (χ4v) is 2.60. The van der Waals surface area contributed by atoms with Crippen LogP contribution in [0.4, 0.5) is 0 Å². The summed E-state index contributed by atoms with van der Waals surface area (Å²) in [4.78, 5) is 26.2. The molecule has 0 aromatic rings. The lowest BCUT2D eigenvalue weighted by Gasteiger charge is -2.15. The number of carbonyl (C=O) groups excluding carboxylic acids is 2. The van der Waals surface area contributed by atoms with E-state index in [1.807, 2.05) is 20.8 Å². The average Bonchev–Trinajstić information content (AvgIpc) is 2.64. The van der Waals surface area contributed by atoms with E-state index in [2.05, 4.69) is 6.58 Å². The predicted octanol–water partition coefficient (Wildman–Crippen LogP) is 3.44. The van der Waals surface area contributed by atoms with E-state index in [0.717, 1.165) is 12.8 Å². The normalized spacial score (nSPS) is 24.6. The molecule has 0 N–H and O–H groups in total. The molecule has 2 unspecified atom stereocenters. The Hall–Kier alpha value is -1.64. The van der Waals surface area contributed by atoms with Gasteiger partial charge in [0.15, 0.2) is 0 Å². The van der Waals surface area contributed by atoms with Crippen LogP contribution in [0.2, 0.25) is 0 Å². The van der Waals surface area contributed by atoms with E-state index in [1.165, 1.54) is 4.90 Å². The van der Waals surface area contributed by atoms with Crippen LogP contribution in [0.5, 0.6) is 0 Å². The van der Waals surface area contributed by atoms with Gasteiger partial charge < -0.3 is 0 Å². The van der Waals surface area contributed by atoms with Crippen LogP contribution in [0.15, 0.2) is 36.6 Å². The van der Waals surface area contributed by atoms with Gasteiger partial charge in [-0.25, -0.2) is 0 Å². The van der Waals surface area contributed by atoms with Crippen LogP contribution in [0.3, 0.4) is 0 Å². The lowest BCUT2D eigenvalue weighted by atomic mass is 9.89. The van der Waals surface area contributed by atoms with Crippen molar-refractivity contribution in [3.8, 4) is 0 Å². The largest absolute Gasteiger partial charge is 0.274 e. The highest BCUT2D eigenvalue weighted by Gasteiger charge is 2.46. The number of hydrogen-bond donors (Lipinski definition) is 0. The van der Waals surface area contributed by atoms with Gasteiger partial charge in [0.1, 0.15) is 0 Å². The van der Waals surface area contributed by atoms with Gasteiger partial charge >= 0.3 is 0 Å². The molecule has 0 spiro atoms. The van der Waals surface area contributed by atoms with E-state index in [1.54, 1.807) is 24.3 Å². The Morgan fingerprint density at radius 2 is 1.89 bits per heavy atom. The molecule has 1 saturated heterocycles. The topological polar surface area (TPSA) is 37.4 Å². The lowest BCUT2D eigenvalue weighted by Crippen LogP contribution is -2.29. The third-order valence-electron chi connectivity index (χ3n) is 3.56. The van der Waals surface area contributed by atoms with E-state index in [0.29, 0.717) is 12.1 Å². The van der Waals surface area contributed by atoms with Crippen molar-refractivity contribution in [2.45, 2.75) is 40.0 Å². The third kappa shape index (κ3) is 3.03. The summed E-state index contributed by atoms with van der Waals surface area (Å²) < 4.78 is 0. The number of likely N-dealkylation sites (tertiary alicyclic amines) is 1. The van der Waals surface area contributed by atoms with E-state index in [-0.39, 0.29) is 23.7 Å². The Balaban J connectivity index is 3.08. The summed E-state index contributed by atoms with van der Waals surface area (Å²) in [5, 5.41) is 0. The Morgan fingerprint density at radius 3 is 2.37 bits per heavy atom. The van der Waals surface area contributed by atoms with Gasteiger partial charge in [-0.2, -0.15) is 0 Å². The second-order valence-electron chi connectivity index (χ2n) is 4.73. The summed E-state index contributed by atoms with van der Waals surface area (Å²) in [7, 11) is 0. The highest BCUT2D eigenvalue weighted by molar-refractivity contribution is 6.07. The van der Waals surface area contributed by atoms with Gasteiger partial charge in [-0.3, -0.25) is 14.5 Å². The monoisotopic (exact) mass is 261 g/mol. The molecule has 3 heteroatoms. The van der Waals surface area contributed by atoms with Crippen molar-refractivity contribution < 1.29 is 9.59 Å². The van der Waals surface area contributed by atoms with Gasteiger partial charge in [0.25, 0.3) is 0 Å². The predicted molar refractivity (Wildman–Crippen MR) is 77.1 cm³/mol. The van der Waals surface area contributed by atoms with E-state index < -0.39 is 0 Å². The molecule has 0 saturated carbocycles. The third-order valence-corrected chi connectivity index (χ3v) is 3.56. The smallest absolute Gasteiger partial charge is 0.237 e. The molecule has 19 heavy (non-hydrogen) atoms. The SMILES string of the molecule is C=C/C=C\C(=C/C)N1C(=O)C(CC)C(CCC)C1=O. The lowest BCUT2D eigenvalue weighted by molar-refractivity contribution is -0.137. The summed E-state index contributed by atoms with van der Waals surface area (Å²) in [6.45, 7) is 9.45. The molecular formula is C16H23NO2. The van der Waals surface area contributed by atoms with Gasteiger partial charge in [0.05, 0.1) is 11.8 Å². The van der Waals surface area contributed by atoms with Gasteiger partial charge in [0, 0.05) is 5.70 Å². The van der Waals surface area contributed by atoms with Crippen LogP contribution in [-0.4, -0.2) is 16.7 Å². The standard InChI is InChI=1S/C16H23NO2/c1-5-9-11-12(7-3)17-15(18)13(8-4)14(10-6-2)16(17)19/h5,7,9,11,13-14H,1,6,8,10H2,2-4H3/b11-9-,12-7+. The Bertz CT molecular complexity index is 420. The summed E-state index contributed by atoms with van der Waals surface area (Å²) in [6.07, 6.45) is 9.33. The molecule has 0 bridgehead atoms. The average molecular weight is 261 g/mol. The zero-order chi connectivity index (χ0) is 14.4. The molecule has 2 atom stereocenters. The molecule has 1 heterocycles. The first-order valence-electron chi connectivity index (χ1n) is 6.95. The number of imide groups is 1. The molecule has 0 radical (unpaired) electrons. The van der Waals surface area contributed by atoms with Crippen LogP contribution in [0.25, 0.3) is 0 Å². The number of allylic oxidation sites excluding steroid dienone is 4. The molecule has 3 nitrogen and oxygen atoms in total. The Morgan fingerprint density at radius 1 is 1.26 bits per heavy atom.